The molecule has 0 unspecified atom stereocenters. The van der Waals surface area contributed by atoms with Gasteiger partial charge in [-0.05, 0) is 35.7 Å². The number of fused-ring (bicyclic) bond motifs is 2. The summed E-state index contributed by atoms with van der Waals surface area (Å²) in [5.41, 5.74) is 1.83. The van der Waals surface area contributed by atoms with E-state index in [9.17, 15) is 15.0 Å². The number of hydrogen-bond donors (Lipinski definition) is 3. The molecule has 29 heavy (non-hydrogen) atoms. The molecular weight excluding hydrogens is 368 g/mol. The zero-order valence-corrected chi connectivity index (χ0v) is 16.3. The van der Waals surface area contributed by atoms with E-state index in [0.29, 0.717) is 25.9 Å². The van der Waals surface area contributed by atoms with E-state index in [1.54, 1.807) is 0 Å². The largest absolute Gasteiger partial charge is 0.490 e. The molecule has 152 valence electrons. The van der Waals surface area contributed by atoms with Gasteiger partial charge in [0.25, 0.3) is 0 Å². The zero-order valence-electron chi connectivity index (χ0n) is 16.3. The van der Waals surface area contributed by atoms with Crippen LogP contribution >= 0.6 is 0 Å². The Morgan fingerprint density at radius 3 is 2.86 bits per heavy atom. The van der Waals surface area contributed by atoms with Crippen LogP contribution < -0.4 is 10.1 Å². The van der Waals surface area contributed by atoms with Crippen molar-refractivity contribution in [2.45, 2.75) is 37.1 Å². The van der Waals surface area contributed by atoms with E-state index >= 15 is 0 Å². The lowest BCUT2D eigenvalue weighted by atomic mass is 9.95. The van der Waals surface area contributed by atoms with Crippen LogP contribution in [0.25, 0.3) is 0 Å². The van der Waals surface area contributed by atoms with Gasteiger partial charge in [-0.3, -0.25) is 9.69 Å². The summed E-state index contributed by atoms with van der Waals surface area (Å²) in [6, 6.07) is 15.4. The van der Waals surface area contributed by atoms with Gasteiger partial charge < -0.3 is 20.3 Å². The van der Waals surface area contributed by atoms with Gasteiger partial charge in [0, 0.05) is 37.7 Å². The lowest BCUT2D eigenvalue weighted by Crippen LogP contribution is -2.36. The summed E-state index contributed by atoms with van der Waals surface area (Å²) < 4.78 is 6.05. The van der Waals surface area contributed by atoms with Crippen molar-refractivity contribution in [1.82, 2.24) is 4.90 Å². The van der Waals surface area contributed by atoms with Gasteiger partial charge in [-0.2, -0.15) is 0 Å². The Kier molecular flexibility index (Phi) is 4.57. The number of para-hydroxylation sites is 1. The van der Waals surface area contributed by atoms with Gasteiger partial charge in [-0.1, -0.05) is 30.3 Å². The highest BCUT2D eigenvalue weighted by atomic mass is 16.5. The molecule has 2 heterocycles. The fourth-order valence-corrected chi connectivity index (χ4v) is 5.11. The minimum atomic E-state index is -0.757. The van der Waals surface area contributed by atoms with Gasteiger partial charge in [0.1, 0.15) is 11.9 Å². The molecule has 1 saturated heterocycles. The minimum absolute atomic E-state index is 0.00601. The van der Waals surface area contributed by atoms with Gasteiger partial charge in [0.05, 0.1) is 18.1 Å². The summed E-state index contributed by atoms with van der Waals surface area (Å²) in [5.74, 6) is 0.997. The highest BCUT2D eigenvalue weighted by molar-refractivity contribution is 5.99. The first-order valence-corrected chi connectivity index (χ1v) is 10.3. The van der Waals surface area contributed by atoms with E-state index in [0.717, 1.165) is 35.5 Å². The highest BCUT2D eigenvalue weighted by Crippen LogP contribution is 2.43. The second-order valence-electron chi connectivity index (χ2n) is 8.64. The van der Waals surface area contributed by atoms with Crippen molar-refractivity contribution in [3.63, 3.8) is 0 Å². The summed E-state index contributed by atoms with van der Waals surface area (Å²) in [5, 5.41) is 24.7. The van der Waals surface area contributed by atoms with Crippen LogP contribution in [0.15, 0.2) is 48.5 Å². The van der Waals surface area contributed by atoms with E-state index in [-0.39, 0.29) is 17.9 Å². The Morgan fingerprint density at radius 1 is 1.24 bits per heavy atom. The predicted molar refractivity (Wildman–Crippen MR) is 109 cm³/mol. The minimum Gasteiger partial charge on any atom is -0.490 e. The number of benzene rings is 2. The standard InChI is InChI=1S/C23H26N2O4/c26-21(15-6-7-20-16(8-15)9-22(27)24-20)13-25-12-17-10-19(11-23(17,28)14-25)29-18-4-2-1-3-5-18/h1-8,17,19,21,26,28H,9-14H2,(H,24,27)/t17-,19+,21-,23-/m1/s1. The van der Waals surface area contributed by atoms with Crippen LogP contribution in [-0.2, 0) is 11.2 Å². The van der Waals surface area contributed by atoms with Crippen molar-refractivity contribution >= 4 is 11.6 Å². The van der Waals surface area contributed by atoms with Crippen LogP contribution in [0.1, 0.15) is 30.1 Å². The molecule has 6 heteroatoms. The normalized spacial score (nSPS) is 29.4. The number of hydrogen-bond acceptors (Lipinski definition) is 5. The van der Waals surface area contributed by atoms with Gasteiger partial charge in [-0.15, -0.1) is 0 Å². The lowest BCUT2D eigenvalue weighted by Gasteiger charge is -2.25. The van der Waals surface area contributed by atoms with Crippen molar-refractivity contribution in [2.24, 2.45) is 5.92 Å². The number of anilines is 1. The van der Waals surface area contributed by atoms with Gasteiger partial charge in [-0.25, -0.2) is 0 Å². The molecule has 0 aromatic heterocycles. The Bertz CT molecular complexity index is 918. The Balaban J connectivity index is 1.19. The average Bonchev–Trinajstić information content (AvgIpc) is 3.29. The molecule has 2 aromatic carbocycles. The summed E-state index contributed by atoms with van der Waals surface area (Å²) in [6.45, 7) is 1.78. The Labute approximate surface area is 170 Å². The lowest BCUT2D eigenvalue weighted by molar-refractivity contribution is -0.115. The predicted octanol–water partition coefficient (Wildman–Crippen LogP) is 2.12. The van der Waals surface area contributed by atoms with Crippen LogP contribution in [0.5, 0.6) is 5.75 Å². The molecule has 6 nitrogen and oxygen atoms in total. The molecule has 2 aromatic rings. The number of ether oxygens (including phenoxy) is 1. The van der Waals surface area contributed by atoms with Crippen molar-refractivity contribution in [2.75, 3.05) is 25.0 Å². The summed E-state index contributed by atoms with van der Waals surface area (Å²) in [4.78, 5) is 13.7. The highest BCUT2D eigenvalue weighted by Gasteiger charge is 2.52. The molecule has 3 aliphatic rings. The van der Waals surface area contributed by atoms with Crippen molar-refractivity contribution in [3.8, 4) is 5.75 Å². The first-order valence-electron chi connectivity index (χ1n) is 10.3. The molecule has 1 amide bonds. The fourth-order valence-electron chi connectivity index (χ4n) is 5.11. The maximum absolute atomic E-state index is 11.5. The second-order valence-corrected chi connectivity index (χ2v) is 8.64. The van der Waals surface area contributed by atoms with Crippen LogP contribution in [-0.4, -0.2) is 52.4 Å². The number of rotatable bonds is 5. The van der Waals surface area contributed by atoms with E-state index < -0.39 is 11.7 Å². The van der Waals surface area contributed by atoms with Crippen LogP contribution in [0.4, 0.5) is 5.69 Å². The van der Waals surface area contributed by atoms with Crippen molar-refractivity contribution in [1.29, 1.82) is 0 Å². The number of nitrogens with zero attached hydrogens (tertiary/aromatic N) is 1. The third-order valence-corrected chi connectivity index (χ3v) is 6.48. The number of amides is 1. The fraction of sp³-hybridized carbons (Fsp3) is 0.435. The molecule has 0 spiro atoms. The average molecular weight is 394 g/mol. The van der Waals surface area contributed by atoms with E-state index in [2.05, 4.69) is 10.2 Å². The number of nitrogens with one attached hydrogen (secondary N) is 1. The Morgan fingerprint density at radius 2 is 2.07 bits per heavy atom. The summed E-state index contributed by atoms with van der Waals surface area (Å²) in [7, 11) is 0. The molecule has 0 bridgehead atoms. The number of aliphatic hydroxyl groups is 2. The number of aliphatic hydroxyl groups excluding tert-OH is 1. The Hall–Kier alpha value is -2.41. The molecule has 1 aliphatic carbocycles. The summed E-state index contributed by atoms with van der Waals surface area (Å²) in [6.07, 6.45) is 1.19. The van der Waals surface area contributed by atoms with Crippen LogP contribution in [0, 0.1) is 5.92 Å². The molecule has 1 saturated carbocycles. The SMILES string of the molecule is O=C1Cc2cc([C@H](O)CN3C[C@H]4C[C@H](Oc5ccccc5)C[C@@]4(O)C3)ccc2N1. The smallest absolute Gasteiger partial charge is 0.228 e. The maximum Gasteiger partial charge on any atom is 0.228 e. The number of β-amino-alcohol motifs (C(OH)–C–C–N with tert-alkyl or cyclic N) is 2. The number of carbonyl (C=O) groups excluding carboxylic acids is 1. The quantitative estimate of drug-likeness (QED) is 0.724. The summed E-state index contributed by atoms with van der Waals surface area (Å²) >= 11 is 0. The monoisotopic (exact) mass is 394 g/mol. The molecule has 4 atom stereocenters. The van der Waals surface area contributed by atoms with Crippen molar-refractivity contribution in [3.05, 3.63) is 59.7 Å². The van der Waals surface area contributed by atoms with Gasteiger partial charge >= 0.3 is 0 Å². The molecule has 5 rings (SSSR count). The molecular formula is C23H26N2O4. The van der Waals surface area contributed by atoms with E-state index in [1.807, 2.05) is 48.5 Å². The van der Waals surface area contributed by atoms with Gasteiger partial charge in [0.2, 0.25) is 5.91 Å². The third kappa shape index (κ3) is 3.64. The molecule has 3 N–H and O–H groups in total. The number of carbonyl (C=O) groups is 1. The van der Waals surface area contributed by atoms with Crippen molar-refractivity contribution < 1.29 is 19.7 Å². The van der Waals surface area contributed by atoms with Crippen LogP contribution in [0.3, 0.4) is 0 Å². The molecule has 2 aliphatic heterocycles. The molecule has 0 radical (unpaired) electrons. The third-order valence-electron chi connectivity index (χ3n) is 6.48. The topological polar surface area (TPSA) is 82.0 Å². The van der Waals surface area contributed by atoms with E-state index in [4.69, 9.17) is 4.74 Å². The van der Waals surface area contributed by atoms with Gasteiger partial charge in [0.15, 0.2) is 0 Å². The van der Waals surface area contributed by atoms with Crippen LogP contribution in [0.2, 0.25) is 0 Å². The molecule has 2 fully saturated rings. The first kappa shape index (κ1) is 18.6. The zero-order chi connectivity index (χ0) is 20.0. The van der Waals surface area contributed by atoms with E-state index in [1.165, 1.54) is 0 Å². The number of likely N-dealkylation sites (tertiary alicyclic amines) is 1. The maximum atomic E-state index is 11.5. The first-order chi connectivity index (χ1) is 14.0. The second kappa shape index (κ2) is 7.13.